The lowest BCUT2D eigenvalue weighted by atomic mass is 9.96. The molecule has 1 aromatic heterocycles. The van der Waals surface area contributed by atoms with Crippen molar-refractivity contribution in [2.24, 2.45) is 0 Å². The van der Waals surface area contributed by atoms with Crippen LogP contribution in [0.5, 0.6) is 0 Å². The van der Waals surface area contributed by atoms with Crippen LogP contribution in [0.1, 0.15) is 24.0 Å². The van der Waals surface area contributed by atoms with Crippen molar-refractivity contribution in [2.45, 2.75) is 25.3 Å². The van der Waals surface area contributed by atoms with Crippen molar-refractivity contribution in [1.82, 2.24) is 9.88 Å². The van der Waals surface area contributed by atoms with Crippen LogP contribution in [0.15, 0.2) is 36.7 Å². The third kappa shape index (κ3) is 2.48. The lowest BCUT2D eigenvalue weighted by molar-refractivity contribution is -0.121. The Labute approximate surface area is 151 Å². The Balaban J connectivity index is 1.72. The normalized spacial score (nSPS) is 18.3. The molecular formula is C20H17N5O. The second-order valence-electron chi connectivity index (χ2n) is 6.53. The summed E-state index contributed by atoms with van der Waals surface area (Å²) in [6, 6.07) is 9.52. The smallest absolute Gasteiger partial charge is 0.250 e. The van der Waals surface area contributed by atoms with Gasteiger partial charge in [0.25, 0.3) is 0 Å². The van der Waals surface area contributed by atoms with Gasteiger partial charge < -0.3 is 4.90 Å². The molecule has 0 radical (unpaired) electrons. The fraction of sp³-hybridized carbons (Fsp3) is 0.300. The minimum atomic E-state index is -0.356. The molecule has 4 rings (SSSR count). The molecule has 6 heteroatoms. The molecule has 0 spiro atoms. The van der Waals surface area contributed by atoms with E-state index in [1.807, 2.05) is 24.3 Å². The number of fused-ring (bicyclic) bond motifs is 1. The quantitative estimate of drug-likeness (QED) is 0.782. The van der Waals surface area contributed by atoms with Crippen LogP contribution in [0.4, 0.5) is 5.69 Å². The molecule has 0 aliphatic carbocycles. The molecule has 1 saturated heterocycles. The first kappa shape index (κ1) is 16.1. The van der Waals surface area contributed by atoms with E-state index < -0.39 is 0 Å². The van der Waals surface area contributed by atoms with Gasteiger partial charge in [-0.3, -0.25) is 14.7 Å². The standard InChI is InChI=1S/C20H17N5O/c21-11-14-12-23-8-6-15(14)16-3-1-4-18-17(16)7-10-25(18)20(26)19-5-2-9-24(19)13-22/h1,3-4,6,8,12,19H,2,5,7,9-10H2/t19-/m0/s1. The maximum atomic E-state index is 13.0. The summed E-state index contributed by atoms with van der Waals surface area (Å²) in [7, 11) is 0. The fourth-order valence-electron chi connectivity index (χ4n) is 3.96. The Hall–Kier alpha value is -3.38. The van der Waals surface area contributed by atoms with Crippen LogP contribution >= 0.6 is 0 Å². The Morgan fingerprint density at radius 3 is 2.88 bits per heavy atom. The first-order valence-electron chi connectivity index (χ1n) is 8.68. The number of likely N-dealkylation sites (tertiary alicyclic amines) is 1. The van der Waals surface area contributed by atoms with E-state index in [4.69, 9.17) is 0 Å². The summed E-state index contributed by atoms with van der Waals surface area (Å²) in [6.45, 7) is 1.25. The van der Waals surface area contributed by atoms with E-state index >= 15 is 0 Å². The lowest BCUT2D eigenvalue weighted by Gasteiger charge is -2.25. The maximum absolute atomic E-state index is 13.0. The summed E-state index contributed by atoms with van der Waals surface area (Å²) in [5.41, 5.74) is 4.30. The molecule has 1 atom stereocenters. The zero-order valence-electron chi connectivity index (χ0n) is 14.2. The number of rotatable bonds is 2. The van der Waals surface area contributed by atoms with Crippen molar-refractivity contribution in [3.05, 3.63) is 47.8 Å². The third-order valence-electron chi connectivity index (χ3n) is 5.19. The van der Waals surface area contributed by atoms with Crippen molar-refractivity contribution in [3.63, 3.8) is 0 Å². The molecule has 2 aliphatic rings. The second kappa shape index (κ2) is 6.50. The number of pyridine rings is 1. The zero-order valence-corrected chi connectivity index (χ0v) is 14.2. The van der Waals surface area contributed by atoms with E-state index in [9.17, 15) is 15.3 Å². The van der Waals surface area contributed by atoms with E-state index in [1.165, 1.54) is 0 Å². The average molecular weight is 343 g/mol. The Morgan fingerprint density at radius 2 is 2.08 bits per heavy atom. The van der Waals surface area contributed by atoms with Crippen molar-refractivity contribution in [1.29, 1.82) is 10.5 Å². The van der Waals surface area contributed by atoms with Crippen LogP contribution < -0.4 is 4.90 Å². The zero-order chi connectivity index (χ0) is 18.1. The highest BCUT2D eigenvalue weighted by Crippen LogP contribution is 2.38. The minimum Gasteiger partial charge on any atom is -0.310 e. The highest BCUT2D eigenvalue weighted by atomic mass is 16.2. The Morgan fingerprint density at radius 1 is 1.19 bits per heavy atom. The van der Waals surface area contributed by atoms with Crippen molar-refractivity contribution in [2.75, 3.05) is 18.0 Å². The molecule has 26 heavy (non-hydrogen) atoms. The van der Waals surface area contributed by atoms with E-state index in [0.29, 0.717) is 18.7 Å². The molecule has 1 amide bonds. The van der Waals surface area contributed by atoms with Crippen LogP contribution in [0, 0.1) is 22.8 Å². The predicted octanol–water partition coefficient (Wildman–Crippen LogP) is 2.45. The summed E-state index contributed by atoms with van der Waals surface area (Å²) >= 11 is 0. The number of hydrogen-bond donors (Lipinski definition) is 0. The first-order valence-corrected chi connectivity index (χ1v) is 8.68. The van der Waals surface area contributed by atoms with Crippen LogP contribution in [-0.4, -0.2) is 34.9 Å². The first-order chi connectivity index (χ1) is 12.7. The van der Waals surface area contributed by atoms with Crippen molar-refractivity contribution >= 4 is 11.6 Å². The Bertz CT molecular complexity index is 955. The number of benzene rings is 1. The summed E-state index contributed by atoms with van der Waals surface area (Å²) in [6.07, 6.45) is 7.71. The number of nitrogens with zero attached hydrogens (tertiary/aromatic N) is 5. The van der Waals surface area contributed by atoms with Gasteiger partial charge in [0.15, 0.2) is 6.19 Å². The molecule has 6 nitrogen and oxygen atoms in total. The molecule has 3 heterocycles. The van der Waals surface area contributed by atoms with Gasteiger partial charge in [-0.1, -0.05) is 12.1 Å². The number of aromatic nitrogens is 1. The monoisotopic (exact) mass is 343 g/mol. The van der Waals surface area contributed by atoms with E-state index in [2.05, 4.69) is 17.2 Å². The summed E-state index contributed by atoms with van der Waals surface area (Å²) in [4.78, 5) is 20.4. The summed E-state index contributed by atoms with van der Waals surface area (Å²) in [5, 5.41) is 18.6. The molecule has 0 bridgehead atoms. The van der Waals surface area contributed by atoms with Gasteiger partial charge >= 0.3 is 0 Å². The Kier molecular flexibility index (Phi) is 4.02. The molecule has 0 unspecified atom stereocenters. The molecule has 2 aromatic rings. The van der Waals surface area contributed by atoms with Gasteiger partial charge in [0.05, 0.1) is 5.56 Å². The number of amides is 1. The minimum absolute atomic E-state index is 0.00446. The largest absolute Gasteiger partial charge is 0.310 e. The van der Waals surface area contributed by atoms with E-state index in [1.54, 1.807) is 22.2 Å². The number of hydrogen-bond acceptors (Lipinski definition) is 5. The molecule has 1 aromatic carbocycles. The van der Waals surface area contributed by atoms with Crippen LogP contribution in [0.3, 0.4) is 0 Å². The van der Waals surface area contributed by atoms with Gasteiger partial charge in [-0.2, -0.15) is 10.5 Å². The molecule has 128 valence electrons. The molecule has 1 fully saturated rings. The van der Waals surface area contributed by atoms with E-state index in [-0.39, 0.29) is 11.9 Å². The van der Waals surface area contributed by atoms with E-state index in [0.717, 1.165) is 41.6 Å². The van der Waals surface area contributed by atoms with Crippen LogP contribution in [0.2, 0.25) is 0 Å². The SMILES string of the molecule is N#Cc1cnccc1-c1cccc2c1CCN2C(=O)[C@@H]1CCCN1C#N. The maximum Gasteiger partial charge on any atom is 0.250 e. The van der Waals surface area contributed by atoms with Gasteiger partial charge in [0.2, 0.25) is 5.91 Å². The summed E-state index contributed by atoms with van der Waals surface area (Å²) in [5.74, 6) is -0.00446. The van der Waals surface area contributed by atoms with Gasteiger partial charge in [-0.25, -0.2) is 0 Å². The number of carbonyl (C=O) groups excluding carboxylic acids is 1. The molecular weight excluding hydrogens is 326 g/mol. The number of carbonyl (C=O) groups is 1. The van der Waals surface area contributed by atoms with Crippen molar-refractivity contribution in [3.8, 4) is 23.4 Å². The van der Waals surface area contributed by atoms with Crippen molar-refractivity contribution < 1.29 is 4.79 Å². The molecule has 0 saturated carbocycles. The highest BCUT2D eigenvalue weighted by Gasteiger charge is 2.36. The number of anilines is 1. The van der Waals surface area contributed by atoms with Gasteiger partial charge in [-0.05, 0) is 42.5 Å². The topological polar surface area (TPSA) is 84.0 Å². The van der Waals surface area contributed by atoms with Gasteiger partial charge in [0, 0.05) is 36.7 Å². The average Bonchev–Trinajstić information content (AvgIpc) is 3.34. The fourth-order valence-corrected chi connectivity index (χ4v) is 3.96. The summed E-state index contributed by atoms with van der Waals surface area (Å²) < 4.78 is 0. The lowest BCUT2D eigenvalue weighted by Crippen LogP contribution is -2.43. The number of nitriles is 2. The second-order valence-corrected chi connectivity index (χ2v) is 6.53. The predicted molar refractivity (Wildman–Crippen MR) is 95.8 cm³/mol. The van der Waals surface area contributed by atoms with Crippen LogP contribution in [-0.2, 0) is 11.2 Å². The van der Waals surface area contributed by atoms with Gasteiger partial charge in [-0.15, -0.1) is 0 Å². The molecule has 0 N–H and O–H groups in total. The molecule has 2 aliphatic heterocycles. The highest BCUT2D eigenvalue weighted by molar-refractivity contribution is 6.00. The third-order valence-corrected chi connectivity index (χ3v) is 5.19. The van der Waals surface area contributed by atoms with Crippen LogP contribution in [0.25, 0.3) is 11.1 Å². The van der Waals surface area contributed by atoms with Gasteiger partial charge in [0.1, 0.15) is 12.1 Å².